The third-order valence-corrected chi connectivity index (χ3v) is 33.9. The van der Waals surface area contributed by atoms with Gasteiger partial charge in [0.05, 0.1) is 17.1 Å². The Kier molecular flexibility index (Phi) is 16.4. The van der Waals surface area contributed by atoms with E-state index in [4.69, 9.17) is 8.83 Å². The van der Waals surface area contributed by atoms with Crippen LogP contribution in [-0.4, -0.2) is 0 Å². The third-order valence-electron chi connectivity index (χ3n) is 33.9. The molecule has 2 aromatic heterocycles. The molecule has 12 fully saturated rings. The van der Waals surface area contributed by atoms with Crippen LogP contribution < -0.4 is 14.7 Å². The van der Waals surface area contributed by atoms with E-state index in [-0.39, 0.29) is 16.2 Å². The van der Waals surface area contributed by atoms with Gasteiger partial charge in [0.2, 0.25) is 0 Å². The predicted octanol–water partition coefficient (Wildman–Crippen LogP) is 32.1. The average Bonchev–Trinajstić information content (AvgIpc) is 1.54. The van der Waals surface area contributed by atoms with Gasteiger partial charge in [0.25, 0.3) is 0 Å². The highest BCUT2D eigenvalue weighted by Gasteiger charge is 2.65. The number of hydrogen-bond acceptors (Lipinski definition) is 5. The highest BCUT2D eigenvalue weighted by molar-refractivity contribution is 6.09. The second-order valence-electron chi connectivity index (χ2n) is 39.7. The number of anilines is 9. The molecular formula is C120H101N3O2. The lowest BCUT2D eigenvalue weighted by Gasteiger charge is -2.61. The van der Waals surface area contributed by atoms with Crippen LogP contribution in [0.2, 0.25) is 0 Å². The zero-order valence-electron chi connectivity index (χ0n) is 70.8. The number of benzene rings is 15. The molecule has 0 radical (unpaired) electrons. The van der Waals surface area contributed by atoms with Gasteiger partial charge in [0, 0.05) is 94.7 Å². The summed E-state index contributed by atoms with van der Waals surface area (Å²) in [5.74, 6) is 10.2. The van der Waals surface area contributed by atoms with Crippen molar-refractivity contribution in [1.82, 2.24) is 0 Å². The number of nitrogens with zero attached hydrogens (tertiary/aromatic N) is 3. The van der Waals surface area contributed by atoms with Gasteiger partial charge in [-0.25, -0.2) is 0 Å². The molecule has 15 aliphatic rings. The summed E-state index contributed by atoms with van der Waals surface area (Å²) >= 11 is 0. The van der Waals surface area contributed by atoms with Gasteiger partial charge in [0.1, 0.15) is 22.3 Å². The molecule has 12 bridgehead atoms. The summed E-state index contributed by atoms with van der Waals surface area (Å²) in [6.07, 6.45) is 21.3. The van der Waals surface area contributed by atoms with Crippen LogP contribution in [0.4, 0.5) is 51.2 Å². The van der Waals surface area contributed by atoms with Gasteiger partial charge in [-0.15, -0.1) is 0 Å². The molecule has 15 aliphatic carbocycles. The molecule has 15 aromatic carbocycles. The van der Waals surface area contributed by atoms with E-state index in [1.165, 1.54) is 197 Å². The van der Waals surface area contributed by atoms with E-state index in [9.17, 15) is 0 Å². The minimum absolute atomic E-state index is 0.153. The van der Waals surface area contributed by atoms with Crippen LogP contribution in [0.25, 0.3) is 88.4 Å². The van der Waals surface area contributed by atoms with Gasteiger partial charge in [-0.3, -0.25) is 0 Å². The highest BCUT2D eigenvalue weighted by atomic mass is 16.3. The highest BCUT2D eigenvalue weighted by Crippen LogP contribution is 2.75. The van der Waals surface area contributed by atoms with Crippen LogP contribution in [0.5, 0.6) is 0 Å². The first-order chi connectivity index (χ1) is 61.9. The van der Waals surface area contributed by atoms with Crippen LogP contribution in [0.1, 0.15) is 130 Å². The smallest absolute Gasteiger partial charge is 0.137 e. The summed E-state index contributed by atoms with van der Waals surface area (Å²) in [5.41, 5.74) is 35.9. The lowest BCUT2D eigenvalue weighted by atomic mass is 9.43. The number of furan rings is 2. The Balaban J connectivity index is 0.0000000977. The molecule has 2 heterocycles. The molecule has 0 saturated heterocycles. The Bertz CT molecular complexity index is 7040. The maximum absolute atomic E-state index is 6.39. The van der Waals surface area contributed by atoms with Crippen molar-refractivity contribution in [2.75, 3.05) is 14.7 Å². The Morgan fingerprint density at radius 3 is 0.896 bits per heavy atom. The molecule has 0 N–H and O–H groups in total. The second-order valence-corrected chi connectivity index (χ2v) is 39.7. The topological polar surface area (TPSA) is 36.0 Å². The van der Waals surface area contributed by atoms with E-state index >= 15 is 0 Å². The van der Waals surface area contributed by atoms with Gasteiger partial charge in [-0.2, -0.15) is 0 Å². The van der Waals surface area contributed by atoms with Crippen molar-refractivity contribution in [3.8, 4) is 44.5 Å². The van der Waals surface area contributed by atoms with Crippen LogP contribution in [0.3, 0.4) is 0 Å². The maximum atomic E-state index is 6.39. The minimum Gasteiger partial charge on any atom is -0.456 e. The van der Waals surface area contributed by atoms with Crippen LogP contribution in [0, 0.1) is 71.0 Å². The molecule has 125 heavy (non-hydrogen) atoms. The molecule has 17 aromatic rings. The lowest BCUT2D eigenvalue weighted by molar-refractivity contribution is -0.0399. The zero-order valence-corrected chi connectivity index (χ0v) is 70.8. The lowest BCUT2D eigenvalue weighted by Crippen LogP contribution is -2.55. The van der Waals surface area contributed by atoms with Gasteiger partial charge in [-0.1, -0.05) is 243 Å². The summed E-state index contributed by atoms with van der Waals surface area (Å²) in [6, 6.07) is 133. The van der Waals surface area contributed by atoms with Crippen molar-refractivity contribution in [3.05, 3.63) is 391 Å². The fourth-order valence-corrected chi connectivity index (χ4v) is 30.3. The van der Waals surface area contributed by atoms with Gasteiger partial charge < -0.3 is 23.5 Å². The third kappa shape index (κ3) is 10.7. The minimum atomic E-state index is 0.153. The largest absolute Gasteiger partial charge is 0.456 e. The summed E-state index contributed by atoms with van der Waals surface area (Å²) < 4.78 is 12.6. The van der Waals surface area contributed by atoms with Crippen molar-refractivity contribution in [3.63, 3.8) is 0 Å². The zero-order chi connectivity index (χ0) is 81.8. The second kappa shape index (κ2) is 28.2. The van der Waals surface area contributed by atoms with Crippen molar-refractivity contribution in [2.45, 2.75) is 113 Å². The van der Waals surface area contributed by atoms with E-state index in [2.05, 4.69) is 360 Å². The van der Waals surface area contributed by atoms with Crippen LogP contribution in [0.15, 0.2) is 367 Å². The Hall–Kier alpha value is -12.7. The van der Waals surface area contributed by atoms with Crippen molar-refractivity contribution in [2.24, 2.45) is 71.0 Å². The molecule has 12 saturated carbocycles. The Morgan fingerprint density at radius 1 is 0.192 bits per heavy atom. The fourth-order valence-electron chi connectivity index (χ4n) is 30.3. The Morgan fingerprint density at radius 2 is 0.480 bits per heavy atom. The number of para-hydroxylation sites is 5. The number of hydrogen-bond donors (Lipinski definition) is 0. The SMILES string of the molecule is c1ccc(-c2cccc(N(c3ccccc3)c3cccc4c3-c3ccccc3C43C4CC5CC(C4)CC3C5)c2)cc1.c1ccc(N(c2ccc3c(c2)oc2ccccc23)c2cccc3c2-c2ccccc2C32C3CC4CC(C3)CC2C4)cc1.c1ccc(N(c2ccc3oc4ccccc4c3c2)c2cccc3c2-c2ccccc2C32C3CC4CC(C3)CC2C4)cc1. The molecule has 0 atom stereocenters. The van der Waals surface area contributed by atoms with Crippen LogP contribution in [-0.2, 0) is 16.2 Å². The number of fused-ring (bicyclic) bond motifs is 15. The molecule has 0 amide bonds. The summed E-state index contributed by atoms with van der Waals surface area (Å²) in [7, 11) is 0. The monoisotopic (exact) mass is 1620 g/mol. The first-order valence-corrected chi connectivity index (χ1v) is 47.1. The van der Waals surface area contributed by atoms with E-state index in [1.807, 2.05) is 12.1 Å². The van der Waals surface area contributed by atoms with E-state index in [1.54, 1.807) is 33.4 Å². The number of rotatable bonds is 10. The Labute approximate surface area is 733 Å². The van der Waals surface area contributed by atoms with Crippen molar-refractivity contribution in [1.29, 1.82) is 0 Å². The quantitative estimate of drug-likeness (QED) is 0.136. The normalized spacial score (nSPS) is 26.7. The molecular weight excluding hydrogens is 1520 g/mol. The summed E-state index contributed by atoms with van der Waals surface area (Å²) in [5, 5.41) is 4.66. The molecule has 5 nitrogen and oxygen atoms in total. The van der Waals surface area contributed by atoms with Gasteiger partial charge >= 0.3 is 0 Å². The van der Waals surface area contributed by atoms with Crippen molar-refractivity contribution >= 4 is 95.1 Å². The van der Waals surface area contributed by atoms with E-state index in [0.717, 1.165) is 110 Å². The average molecular weight is 1620 g/mol. The molecule has 0 aliphatic heterocycles. The summed E-state index contributed by atoms with van der Waals surface area (Å²) in [4.78, 5) is 7.47. The predicted molar refractivity (Wildman–Crippen MR) is 513 cm³/mol. The standard InChI is InChI=1S/2C40H33NO.C40H35N/c1-2-9-29(10-3-1)41(30-17-18-32-31-11-5-7-16-37(31)42-38(32)24-30)36-15-8-14-35-39(36)33-12-4-6-13-34(33)40(35)27-20-25-19-26(22-27)23-28(40)21-25;1-2-9-29(10-3-1)41(30-17-18-38-33(24-30)31-11-5-7-16-37(31)42-38)36-15-8-14-35-39(36)32-12-4-6-13-34(32)40(35)27-20-25-19-26(22-27)23-28(40)21-25;1-3-11-29(12-4-1)30-13-9-16-34(26-30)41(33-14-5-2-6-15-33)38-20-10-19-37-39(38)35-17-7-8-18-36(35)40(37)31-22-27-21-28(24-31)25-32(40)23-27/h2*1-18,24-28H,19-23H2;1-20,26-28,31-32H,21-25H2. The van der Waals surface area contributed by atoms with Gasteiger partial charge in [0.15, 0.2) is 0 Å². The maximum Gasteiger partial charge on any atom is 0.137 e. The van der Waals surface area contributed by atoms with Gasteiger partial charge in [-0.05, 0) is 338 Å². The summed E-state index contributed by atoms with van der Waals surface area (Å²) in [6.45, 7) is 0. The first-order valence-electron chi connectivity index (χ1n) is 47.1. The molecule has 32 rings (SSSR count). The fraction of sp³-hybridized carbons (Fsp3) is 0.250. The van der Waals surface area contributed by atoms with Crippen LogP contribution >= 0.6 is 0 Å². The van der Waals surface area contributed by atoms with Crippen molar-refractivity contribution < 1.29 is 8.83 Å². The van der Waals surface area contributed by atoms with E-state index in [0.29, 0.717) is 0 Å². The molecule has 608 valence electrons. The van der Waals surface area contributed by atoms with E-state index < -0.39 is 0 Å². The first kappa shape index (κ1) is 72.7. The molecule has 3 spiro atoms. The molecule has 0 unspecified atom stereocenters. The molecule has 5 heteroatoms.